The number of piperazine rings is 1. The standard InChI is InChI=1S/C22H27N7O2S/c30-22(29-12-10-27(11-13-29)14-15-31-18-4-2-1-3-5-18)17-6-8-28(9-7-17)21-19-20(23-16-24-21)26-32-25-19/h1-5,16-17H,6-15H2. The molecule has 0 spiro atoms. The number of ether oxygens (including phenoxy) is 1. The van der Waals surface area contributed by atoms with Crippen molar-refractivity contribution in [1.29, 1.82) is 0 Å². The van der Waals surface area contributed by atoms with E-state index in [9.17, 15) is 4.79 Å². The first kappa shape index (κ1) is 21.0. The van der Waals surface area contributed by atoms with Crippen molar-refractivity contribution < 1.29 is 9.53 Å². The maximum atomic E-state index is 13.1. The number of carbonyl (C=O) groups excluding carboxylic acids is 1. The van der Waals surface area contributed by atoms with E-state index in [2.05, 4.69) is 28.5 Å². The molecule has 0 radical (unpaired) electrons. The first-order chi connectivity index (χ1) is 15.8. The number of nitrogens with zero attached hydrogens (tertiary/aromatic N) is 7. The number of fused-ring (bicyclic) bond motifs is 1. The van der Waals surface area contributed by atoms with Gasteiger partial charge >= 0.3 is 0 Å². The molecule has 168 valence electrons. The molecule has 2 aromatic heterocycles. The Labute approximate surface area is 191 Å². The first-order valence-corrected chi connectivity index (χ1v) is 11.9. The van der Waals surface area contributed by atoms with Gasteiger partial charge in [0.2, 0.25) is 5.91 Å². The van der Waals surface area contributed by atoms with Crippen LogP contribution < -0.4 is 9.64 Å². The number of para-hydroxylation sites is 1. The van der Waals surface area contributed by atoms with E-state index < -0.39 is 0 Å². The lowest BCUT2D eigenvalue weighted by Crippen LogP contribution is -2.52. The summed E-state index contributed by atoms with van der Waals surface area (Å²) in [6.07, 6.45) is 3.22. The van der Waals surface area contributed by atoms with Crippen LogP contribution >= 0.6 is 11.7 Å². The zero-order valence-corrected chi connectivity index (χ0v) is 18.8. The van der Waals surface area contributed by atoms with Crippen LogP contribution in [0.25, 0.3) is 11.2 Å². The fourth-order valence-corrected chi connectivity index (χ4v) is 4.93. The van der Waals surface area contributed by atoms with E-state index in [0.717, 1.165) is 87.5 Å². The van der Waals surface area contributed by atoms with Crippen LogP contribution in [0.1, 0.15) is 12.8 Å². The molecule has 0 atom stereocenters. The molecule has 0 N–H and O–H groups in total. The smallest absolute Gasteiger partial charge is 0.225 e. The zero-order valence-electron chi connectivity index (χ0n) is 18.0. The molecule has 2 aliphatic heterocycles. The third-order valence-corrected chi connectivity index (χ3v) is 6.81. The second-order valence-corrected chi connectivity index (χ2v) is 8.75. The third-order valence-electron chi connectivity index (χ3n) is 6.29. The molecule has 0 unspecified atom stereocenters. The molecule has 2 aliphatic rings. The van der Waals surface area contributed by atoms with Gasteiger partial charge in [-0.3, -0.25) is 9.69 Å². The molecule has 0 aliphatic carbocycles. The summed E-state index contributed by atoms with van der Waals surface area (Å²) in [7, 11) is 0. The Balaban J connectivity index is 1.07. The average Bonchev–Trinajstić information content (AvgIpc) is 3.34. The Bertz CT molecular complexity index is 1030. The highest BCUT2D eigenvalue weighted by Crippen LogP contribution is 2.27. The van der Waals surface area contributed by atoms with E-state index >= 15 is 0 Å². The third kappa shape index (κ3) is 4.66. The van der Waals surface area contributed by atoms with Crippen LogP contribution in [0.4, 0.5) is 5.82 Å². The fourth-order valence-electron chi connectivity index (χ4n) is 4.44. The number of amides is 1. The maximum Gasteiger partial charge on any atom is 0.225 e. The molecule has 10 heteroatoms. The van der Waals surface area contributed by atoms with Crippen molar-refractivity contribution in [3.8, 4) is 5.75 Å². The average molecular weight is 454 g/mol. The summed E-state index contributed by atoms with van der Waals surface area (Å²) in [6.45, 7) is 6.54. The number of rotatable bonds is 6. The minimum atomic E-state index is 0.0881. The summed E-state index contributed by atoms with van der Waals surface area (Å²) >= 11 is 1.16. The van der Waals surface area contributed by atoms with E-state index in [-0.39, 0.29) is 5.92 Å². The number of benzene rings is 1. The molecule has 5 rings (SSSR count). The number of hydrogen-bond acceptors (Lipinski definition) is 9. The van der Waals surface area contributed by atoms with Gasteiger partial charge < -0.3 is 14.5 Å². The summed E-state index contributed by atoms with van der Waals surface area (Å²) in [6, 6.07) is 9.90. The Morgan fingerprint density at radius 3 is 2.56 bits per heavy atom. The maximum absolute atomic E-state index is 13.1. The van der Waals surface area contributed by atoms with Crippen molar-refractivity contribution >= 4 is 34.6 Å². The van der Waals surface area contributed by atoms with Gasteiger partial charge in [-0.05, 0) is 25.0 Å². The minimum absolute atomic E-state index is 0.0881. The van der Waals surface area contributed by atoms with Crippen LogP contribution in [0.15, 0.2) is 36.7 Å². The van der Waals surface area contributed by atoms with Crippen LogP contribution in [0.2, 0.25) is 0 Å². The molecule has 3 aromatic rings. The second kappa shape index (κ2) is 9.74. The molecule has 2 saturated heterocycles. The van der Waals surface area contributed by atoms with Crippen molar-refractivity contribution in [3.63, 3.8) is 0 Å². The molecule has 0 saturated carbocycles. The van der Waals surface area contributed by atoms with Crippen molar-refractivity contribution in [2.24, 2.45) is 5.92 Å². The minimum Gasteiger partial charge on any atom is -0.492 e. The highest BCUT2D eigenvalue weighted by atomic mass is 32.1. The van der Waals surface area contributed by atoms with Gasteiger partial charge in [0.25, 0.3) is 0 Å². The molecular formula is C22H27N7O2S. The predicted octanol–water partition coefficient (Wildman–Crippen LogP) is 1.92. The Hall–Kier alpha value is -2.85. The lowest BCUT2D eigenvalue weighted by molar-refractivity contribution is -0.138. The van der Waals surface area contributed by atoms with Crippen LogP contribution in [0.3, 0.4) is 0 Å². The van der Waals surface area contributed by atoms with Gasteiger partial charge in [-0.25, -0.2) is 9.97 Å². The number of anilines is 1. The Kier molecular flexibility index (Phi) is 6.40. The number of hydrogen-bond donors (Lipinski definition) is 0. The van der Waals surface area contributed by atoms with E-state index in [1.54, 1.807) is 6.33 Å². The second-order valence-electron chi connectivity index (χ2n) is 8.22. The summed E-state index contributed by atoms with van der Waals surface area (Å²) in [5.74, 6) is 2.13. The predicted molar refractivity (Wildman–Crippen MR) is 123 cm³/mol. The molecule has 0 bridgehead atoms. The van der Waals surface area contributed by atoms with Crippen molar-refractivity contribution in [2.45, 2.75) is 12.8 Å². The van der Waals surface area contributed by atoms with Crippen molar-refractivity contribution in [1.82, 2.24) is 28.5 Å². The lowest BCUT2D eigenvalue weighted by Gasteiger charge is -2.38. The van der Waals surface area contributed by atoms with Crippen molar-refractivity contribution in [2.75, 3.05) is 57.3 Å². The van der Waals surface area contributed by atoms with E-state index in [4.69, 9.17) is 4.74 Å². The molecule has 32 heavy (non-hydrogen) atoms. The van der Waals surface area contributed by atoms with E-state index in [0.29, 0.717) is 18.2 Å². The van der Waals surface area contributed by atoms with E-state index in [1.807, 2.05) is 35.2 Å². The van der Waals surface area contributed by atoms with Crippen LogP contribution in [0, 0.1) is 5.92 Å². The largest absolute Gasteiger partial charge is 0.492 e. The molecular weight excluding hydrogens is 426 g/mol. The number of carbonyl (C=O) groups is 1. The van der Waals surface area contributed by atoms with Gasteiger partial charge in [0.15, 0.2) is 17.0 Å². The summed E-state index contributed by atoms with van der Waals surface area (Å²) in [4.78, 5) is 28.3. The fraction of sp³-hybridized carbons (Fsp3) is 0.500. The molecule has 1 amide bonds. The molecule has 1 aromatic carbocycles. The topological polar surface area (TPSA) is 87.6 Å². The summed E-state index contributed by atoms with van der Waals surface area (Å²) in [5, 5.41) is 0. The summed E-state index contributed by atoms with van der Waals surface area (Å²) in [5.41, 5.74) is 1.40. The van der Waals surface area contributed by atoms with Gasteiger partial charge in [0.1, 0.15) is 18.7 Å². The van der Waals surface area contributed by atoms with Crippen molar-refractivity contribution in [3.05, 3.63) is 36.7 Å². The monoisotopic (exact) mass is 453 g/mol. The molecule has 9 nitrogen and oxygen atoms in total. The van der Waals surface area contributed by atoms with Crippen LogP contribution in [-0.4, -0.2) is 86.8 Å². The number of piperidine rings is 1. The first-order valence-electron chi connectivity index (χ1n) is 11.1. The summed E-state index contributed by atoms with van der Waals surface area (Å²) < 4.78 is 14.3. The number of aromatic nitrogens is 4. The lowest BCUT2D eigenvalue weighted by atomic mass is 9.95. The SMILES string of the molecule is O=C(C1CCN(c2ncnc3nsnc23)CC1)N1CCN(CCOc2ccccc2)CC1. The normalized spacial score (nSPS) is 18.2. The van der Waals surface area contributed by atoms with Gasteiger partial charge in [0.05, 0.1) is 11.7 Å². The van der Waals surface area contributed by atoms with Gasteiger partial charge in [0, 0.05) is 51.7 Å². The highest BCUT2D eigenvalue weighted by molar-refractivity contribution is 7.00. The van der Waals surface area contributed by atoms with Gasteiger partial charge in [-0.15, -0.1) is 0 Å². The quantitative estimate of drug-likeness (QED) is 0.560. The Morgan fingerprint density at radius 2 is 1.78 bits per heavy atom. The van der Waals surface area contributed by atoms with Crippen LogP contribution in [0.5, 0.6) is 5.75 Å². The molecule has 2 fully saturated rings. The molecule has 4 heterocycles. The Morgan fingerprint density at radius 1 is 1.00 bits per heavy atom. The van der Waals surface area contributed by atoms with Gasteiger partial charge in [-0.1, -0.05) is 18.2 Å². The highest BCUT2D eigenvalue weighted by Gasteiger charge is 2.31. The van der Waals surface area contributed by atoms with Crippen LogP contribution in [-0.2, 0) is 4.79 Å². The zero-order chi connectivity index (χ0) is 21.8. The van der Waals surface area contributed by atoms with Gasteiger partial charge in [-0.2, -0.15) is 8.75 Å². The van der Waals surface area contributed by atoms with E-state index in [1.165, 1.54) is 0 Å².